The maximum atomic E-state index is 12.7. The number of nitrogens with one attached hydrogen (secondary N) is 3. The number of sulfonamides is 1. The molecular weight excluding hydrogens is 507 g/mol. The van der Waals surface area contributed by atoms with Gasteiger partial charge in [-0.1, -0.05) is 48.6 Å². The molecule has 1 aromatic heterocycles. The van der Waals surface area contributed by atoms with Crippen molar-refractivity contribution in [3.05, 3.63) is 65.2 Å². The number of alkyl halides is 3. The first-order valence-electron chi connectivity index (χ1n) is 10.2. The maximum Gasteiger partial charge on any atom is 0.471 e. The zero-order valence-electron chi connectivity index (χ0n) is 18.2. The van der Waals surface area contributed by atoms with Crippen LogP contribution >= 0.6 is 11.3 Å². The maximum absolute atomic E-state index is 12.7. The summed E-state index contributed by atoms with van der Waals surface area (Å²) in [4.78, 5) is 23.8. The Hall–Kier alpha value is -3.52. The molecule has 1 unspecified atom stereocenters. The van der Waals surface area contributed by atoms with E-state index in [9.17, 15) is 31.2 Å². The molecule has 2 aromatic carbocycles. The highest BCUT2D eigenvalue weighted by molar-refractivity contribution is 7.93. The number of carbonyl (C=O) groups is 2. The fourth-order valence-corrected chi connectivity index (χ4v) is 4.81. The van der Waals surface area contributed by atoms with Crippen molar-refractivity contribution in [2.24, 2.45) is 0 Å². The third-order valence-electron chi connectivity index (χ3n) is 4.59. The molecule has 0 saturated carbocycles. The first-order valence-corrected chi connectivity index (χ1v) is 12.5. The van der Waals surface area contributed by atoms with E-state index in [-0.39, 0.29) is 15.7 Å². The molecule has 0 fully saturated rings. The summed E-state index contributed by atoms with van der Waals surface area (Å²) in [5.41, 5.74) is 0.530. The molecule has 3 N–H and O–H groups in total. The van der Waals surface area contributed by atoms with E-state index in [2.05, 4.69) is 20.2 Å². The number of benzene rings is 2. The van der Waals surface area contributed by atoms with Gasteiger partial charge in [-0.3, -0.25) is 14.3 Å². The second-order valence-corrected chi connectivity index (χ2v) is 9.92. The second-order valence-electron chi connectivity index (χ2n) is 7.17. The normalized spacial score (nSPS) is 12.6. The predicted octanol–water partition coefficient (Wildman–Crippen LogP) is 3.65. The van der Waals surface area contributed by atoms with Gasteiger partial charge in [0.1, 0.15) is 5.01 Å². The van der Waals surface area contributed by atoms with Gasteiger partial charge in [0.05, 0.1) is 17.4 Å². The van der Waals surface area contributed by atoms with E-state index in [1.54, 1.807) is 18.2 Å². The fourth-order valence-electron chi connectivity index (χ4n) is 2.90. The van der Waals surface area contributed by atoms with E-state index < -0.39 is 40.5 Å². The molecule has 186 valence electrons. The van der Waals surface area contributed by atoms with Crippen molar-refractivity contribution in [2.45, 2.75) is 36.9 Å². The van der Waals surface area contributed by atoms with Crippen molar-refractivity contribution in [1.29, 1.82) is 0 Å². The van der Waals surface area contributed by atoms with Crippen LogP contribution in [0.3, 0.4) is 0 Å². The Labute approximate surface area is 202 Å². The number of aryl methyl sites for hydroxylation is 1. The molecule has 1 heterocycles. The number of nitrogens with zero attached hydrogens (tertiary/aromatic N) is 2. The summed E-state index contributed by atoms with van der Waals surface area (Å²) in [5, 5.41) is 12.7. The average molecular weight is 528 g/mol. The first-order chi connectivity index (χ1) is 16.5. The van der Waals surface area contributed by atoms with Crippen LogP contribution in [0.5, 0.6) is 0 Å². The Balaban J connectivity index is 1.67. The zero-order chi connectivity index (χ0) is 25.6. The van der Waals surface area contributed by atoms with E-state index in [1.807, 2.05) is 12.2 Å². The molecule has 14 heteroatoms. The number of hydrogen-bond donors (Lipinski definition) is 3. The van der Waals surface area contributed by atoms with Gasteiger partial charge in [-0.25, -0.2) is 8.42 Å². The lowest BCUT2D eigenvalue weighted by Crippen LogP contribution is -2.40. The zero-order valence-corrected chi connectivity index (χ0v) is 19.8. The Kier molecular flexibility index (Phi) is 8.07. The highest BCUT2D eigenvalue weighted by atomic mass is 32.2. The highest BCUT2D eigenvalue weighted by Crippen LogP contribution is 2.24. The van der Waals surface area contributed by atoms with Crippen LogP contribution in [0.2, 0.25) is 0 Å². The van der Waals surface area contributed by atoms with E-state index in [0.717, 1.165) is 11.3 Å². The van der Waals surface area contributed by atoms with Crippen molar-refractivity contribution >= 4 is 44.0 Å². The topological polar surface area (TPSA) is 130 Å². The second kappa shape index (κ2) is 10.8. The number of rotatable bonds is 9. The minimum Gasteiger partial charge on any atom is -0.341 e. The largest absolute Gasteiger partial charge is 0.471 e. The number of carbonyl (C=O) groups excluding carboxylic acids is 2. The van der Waals surface area contributed by atoms with Crippen LogP contribution in [-0.2, 0) is 26.0 Å². The lowest BCUT2D eigenvalue weighted by Gasteiger charge is -2.20. The molecule has 0 spiro atoms. The molecule has 0 saturated heterocycles. The molecular formula is C21H20F3N5O4S2. The lowest BCUT2D eigenvalue weighted by molar-refractivity contribution is -0.174. The van der Waals surface area contributed by atoms with Gasteiger partial charge in [-0.2, -0.15) is 13.2 Å². The number of amides is 2. The Morgan fingerprint density at radius 2 is 1.69 bits per heavy atom. The van der Waals surface area contributed by atoms with Gasteiger partial charge in [-0.05, 0) is 36.2 Å². The molecule has 35 heavy (non-hydrogen) atoms. The Morgan fingerprint density at radius 3 is 2.26 bits per heavy atom. The molecule has 1 atom stereocenters. The number of aromatic nitrogens is 2. The molecule has 0 aliphatic heterocycles. The van der Waals surface area contributed by atoms with Crippen molar-refractivity contribution in [3.8, 4) is 0 Å². The van der Waals surface area contributed by atoms with Gasteiger partial charge in [0.25, 0.3) is 10.0 Å². The molecule has 9 nitrogen and oxygen atoms in total. The lowest BCUT2D eigenvalue weighted by atomic mass is 10.0. The van der Waals surface area contributed by atoms with Gasteiger partial charge in [-0.15, -0.1) is 10.2 Å². The van der Waals surface area contributed by atoms with Crippen molar-refractivity contribution in [2.75, 3.05) is 10.0 Å². The van der Waals surface area contributed by atoms with E-state index in [0.29, 0.717) is 17.0 Å². The average Bonchev–Trinajstić information content (AvgIpc) is 3.25. The first kappa shape index (κ1) is 26.1. The van der Waals surface area contributed by atoms with Gasteiger partial charge >= 0.3 is 12.1 Å². The molecule has 0 radical (unpaired) electrons. The third kappa shape index (κ3) is 7.23. The van der Waals surface area contributed by atoms with Gasteiger partial charge in [0.2, 0.25) is 11.0 Å². The number of halogens is 3. The summed E-state index contributed by atoms with van der Waals surface area (Å²) >= 11 is 1.11. The van der Waals surface area contributed by atoms with E-state index >= 15 is 0 Å². The van der Waals surface area contributed by atoms with E-state index in [1.165, 1.54) is 36.4 Å². The van der Waals surface area contributed by atoms with Gasteiger partial charge < -0.3 is 10.6 Å². The molecule has 0 aliphatic rings. The van der Waals surface area contributed by atoms with Crippen LogP contribution in [0, 0.1) is 0 Å². The smallest absolute Gasteiger partial charge is 0.341 e. The van der Waals surface area contributed by atoms with Crippen molar-refractivity contribution in [3.63, 3.8) is 0 Å². The minimum absolute atomic E-state index is 0.0941. The SMILES string of the molecule is CCc1nnc(NS(=O)(=O)c2ccc(NC(=O)CC(NC(=O)C(F)(F)F)c3ccccc3)cc2)s1. The third-order valence-corrected chi connectivity index (χ3v) is 7.06. The van der Waals surface area contributed by atoms with Gasteiger partial charge in [0, 0.05) is 5.69 Å². The van der Waals surface area contributed by atoms with Gasteiger partial charge in [0.15, 0.2) is 0 Å². The summed E-state index contributed by atoms with van der Waals surface area (Å²) in [6, 6.07) is 11.7. The van der Waals surface area contributed by atoms with Crippen LogP contribution in [0.25, 0.3) is 0 Å². The molecule has 0 bridgehead atoms. The standard InChI is InChI=1S/C21H20F3N5O4S2/c1-2-18-27-28-20(34-18)29-35(32,33)15-10-8-14(9-11-15)25-17(30)12-16(13-6-4-3-5-7-13)26-19(31)21(22,23)24/h3-11,16H,2,12H2,1H3,(H,25,30)(H,26,31)(H,28,29). The quantitative estimate of drug-likeness (QED) is 0.390. The van der Waals surface area contributed by atoms with E-state index in [4.69, 9.17) is 0 Å². The number of anilines is 2. The van der Waals surface area contributed by atoms with Crippen LogP contribution < -0.4 is 15.4 Å². The van der Waals surface area contributed by atoms with Crippen LogP contribution in [-0.4, -0.2) is 36.6 Å². The summed E-state index contributed by atoms with van der Waals surface area (Å²) in [6.07, 6.45) is -4.98. The van der Waals surface area contributed by atoms with Crippen LogP contribution in [0.1, 0.15) is 30.0 Å². The summed E-state index contributed by atoms with van der Waals surface area (Å²) in [7, 11) is -3.94. The molecule has 0 aliphatic carbocycles. The summed E-state index contributed by atoms with van der Waals surface area (Å²) in [5.74, 6) is -2.85. The van der Waals surface area contributed by atoms with Crippen LogP contribution in [0.4, 0.5) is 24.0 Å². The fraction of sp³-hybridized carbons (Fsp3) is 0.238. The molecule has 3 aromatic rings. The predicted molar refractivity (Wildman–Crippen MR) is 123 cm³/mol. The van der Waals surface area contributed by atoms with Crippen molar-refractivity contribution in [1.82, 2.24) is 15.5 Å². The molecule has 3 rings (SSSR count). The number of hydrogen-bond acceptors (Lipinski definition) is 7. The van der Waals surface area contributed by atoms with Crippen LogP contribution in [0.15, 0.2) is 59.5 Å². The highest BCUT2D eigenvalue weighted by Gasteiger charge is 2.40. The van der Waals surface area contributed by atoms with Crippen molar-refractivity contribution < 1.29 is 31.2 Å². The Bertz CT molecular complexity index is 1280. The Morgan fingerprint density at radius 1 is 1.03 bits per heavy atom. The summed E-state index contributed by atoms with van der Waals surface area (Å²) < 4.78 is 65.6. The molecule has 2 amide bonds. The minimum atomic E-state index is -5.11. The summed E-state index contributed by atoms with van der Waals surface area (Å²) in [6.45, 7) is 1.86. The monoisotopic (exact) mass is 527 g/mol.